The molecule has 4 nitrogen and oxygen atoms in total. The minimum atomic E-state index is 0.105. The van der Waals surface area contributed by atoms with Crippen LogP contribution in [-0.2, 0) is 6.42 Å². The van der Waals surface area contributed by atoms with Crippen LogP contribution in [0.3, 0.4) is 0 Å². The number of fused-ring (bicyclic) bond motifs is 1. The van der Waals surface area contributed by atoms with Crippen LogP contribution in [0.25, 0.3) is 0 Å². The van der Waals surface area contributed by atoms with E-state index in [9.17, 15) is 0 Å². The van der Waals surface area contributed by atoms with Crippen LogP contribution < -0.4 is 5.32 Å². The molecule has 3 heterocycles. The number of nitrogens with zero attached hydrogens (tertiary/aromatic N) is 3. The van der Waals surface area contributed by atoms with Gasteiger partial charge in [-0.1, -0.05) is 23.2 Å². The molecule has 3 aliphatic rings. The fourth-order valence-electron chi connectivity index (χ4n) is 4.63. The largest absolute Gasteiger partial charge is 0.343 e. The number of likely N-dealkylation sites (tertiary alicyclic amines) is 2. The Morgan fingerprint density at radius 1 is 1.15 bits per heavy atom. The van der Waals surface area contributed by atoms with E-state index in [1.807, 2.05) is 12.1 Å². The highest BCUT2D eigenvalue weighted by atomic mass is 35.5. The van der Waals surface area contributed by atoms with Crippen molar-refractivity contribution in [1.82, 2.24) is 9.80 Å². The molecule has 26 heavy (non-hydrogen) atoms. The molecule has 1 atom stereocenters. The first-order valence-electron chi connectivity index (χ1n) is 9.65. The van der Waals surface area contributed by atoms with Crippen molar-refractivity contribution in [2.45, 2.75) is 38.1 Å². The van der Waals surface area contributed by atoms with Crippen LogP contribution in [0.15, 0.2) is 17.1 Å². The maximum Gasteiger partial charge on any atom is 0.107 e. The molecule has 142 valence electrons. The number of amidine groups is 1. The van der Waals surface area contributed by atoms with Crippen molar-refractivity contribution in [1.29, 1.82) is 0 Å². The highest BCUT2D eigenvalue weighted by molar-refractivity contribution is 6.42. The van der Waals surface area contributed by atoms with Gasteiger partial charge in [0.1, 0.15) is 5.84 Å². The lowest BCUT2D eigenvalue weighted by Gasteiger charge is -2.45. The summed E-state index contributed by atoms with van der Waals surface area (Å²) in [6.07, 6.45) is 5.80. The maximum absolute atomic E-state index is 6.29. The van der Waals surface area contributed by atoms with Crippen molar-refractivity contribution in [3.05, 3.63) is 27.7 Å². The van der Waals surface area contributed by atoms with E-state index in [-0.39, 0.29) is 5.41 Å². The number of benzene rings is 1. The molecule has 0 radical (unpaired) electrons. The molecule has 2 fully saturated rings. The lowest BCUT2D eigenvalue weighted by molar-refractivity contribution is 0.177. The highest BCUT2D eigenvalue weighted by Gasteiger charge is 2.42. The molecule has 0 aliphatic carbocycles. The van der Waals surface area contributed by atoms with Crippen molar-refractivity contribution < 1.29 is 0 Å². The summed E-state index contributed by atoms with van der Waals surface area (Å²) in [4.78, 5) is 10.00. The van der Waals surface area contributed by atoms with E-state index in [1.165, 1.54) is 24.9 Å². The topological polar surface area (TPSA) is 30.9 Å². The Hall–Kier alpha value is -0.810. The third-order valence-corrected chi connectivity index (χ3v) is 7.23. The summed E-state index contributed by atoms with van der Waals surface area (Å²) in [6, 6.07) is 4.56. The minimum Gasteiger partial charge on any atom is -0.343 e. The van der Waals surface area contributed by atoms with Crippen LogP contribution in [0.4, 0.5) is 5.69 Å². The van der Waals surface area contributed by atoms with Gasteiger partial charge in [0, 0.05) is 17.1 Å². The molecular formula is C20H28Cl2N4. The molecule has 1 aromatic carbocycles. The molecule has 3 aliphatic heterocycles. The fraction of sp³-hybridized carbons (Fsp3) is 0.650. The molecule has 4 rings (SSSR count). The zero-order valence-electron chi connectivity index (χ0n) is 15.7. The molecule has 6 heteroatoms. The van der Waals surface area contributed by atoms with Crippen molar-refractivity contribution in [3.8, 4) is 0 Å². The number of piperidine rings is 1. The van der Waals surface area contributed by atoms with Crippen LogP contribution in [0, 0.1) is 5.41 Å². The average molecular weight is 395 g/mol. The first-order chi connectivity index (χ1) is 12.5. The average Bonchev–Trinajstić information content (AvgIpc) is 3.02. The minimum absolute atomic E-state index is 0.105. The quantitative estimate of drug-likeness (QED) is 0.816. The van der Waals surface area contributed by atoms with Crippen molar-refractivity contribution in [2.24, 2.45) is 10.4 Å². The molecule has 1 aromatic rings. The van der Waals surface area contributed by atoms with Gasteiger partial charge < -0.3 is 15.1 Å². The summed E-state index contributed by atoms with van der Waals surface area (Å²) in [5.41, 5.74) is 2.44. The highest BCUT2D eigenvalue weighted by Crippen LogP contribution is 2.44. The van der Waals surface area contributed by atoms with E-state index in [2.05, 4.69) is 29.2 Å². The van der Waals surface area contributed by atoms with Gasteiger partial charge in [-0.3, -0.25) is 4.99 Å². The zero-order valence-corrected chi connectivity index (χ0v) is 17.2. The van der Waals surface area contributed by atoms with Gasteiger partial charge >= 0.3 is 0 Å². The van der Waals surface area contributed by atoms with Crippen LogP contribution in [0.1, 0.15) is 31.2 Å². The SMILES string of the molecule is CN1CCC2(CC1)Cc1cc(Cl)c(Cl)cc1NC2=NCC1CCCN1C. The molecule has 0 amide bonds. The van der Waals surface area contributed by atoms with Gasteiger partial charge in [0.15, 0.2) is 0 Å². The summed E-state index contributed by atoms with van der Waals surface area (Å²) >= 11 is 12.6. The Labute approximate surface area is 166 Å². The van der Waals surface area contributed by atoms with E-state index in [1.54, 1.807) is 0 Å². The van der Waals surface area contributed by atoms with Gasteiger partial charge in [-0.2, -0.15) is 0 Å². The van der Waals surface area contributed by atoms with E-state index >= 15 is 0 Å². The van der Waals surface area contributed by atoms with Crippen molar-refractivity contribution in [2.75, 3.05) is 45.6 Å². The summed E-state index contributed by atoms with van der Waals surface area (Å²) in [7, 11) is 4.42. The monoisotopic (exact) mass is 394 g/mol. The van der Waals surface area contributed by atoms with Gasteiger partial charge in [0.2, 0.25) is 0 Å². The number of hydrogen-bond acceptors (Lipinski definition) is 3. The number of aliphatic imine (C=N–C) groups is 1. The predicted molar refractivity (Wildman–Crippen MR) is 111 cm³/mol. The lowest BCUT2D eigenvalue weighted by atomic mass is 9.70. The molecular weight excluding hydrogens is 367 g/mol. The number of hydrogen-bond donors (Lipinski definition) is 1. The normalized spacial score (nSPS) is 27.7. The molecule has 1 spiro atoms. The lowest BCUT2D eigenvalue weighted by Crippen LogP contribution is -2.49. The second-order valence-corrected chi connectivity index (χ2v) is 9.09. The molecule has 1 unspecified atom stereocenters. The first-order valence-corrected chi connectivity index (χ1v) is 10.4. The Balaban J connectivity index is 1.65. The second-order valence-electron chi connectivity index (χ2n) is 8.27. The molecule has 1 N–H and O–H groups in total. The number of halogens is 2. The summed E-state index contributed by atoms with van der Waals surface area (Å²) in [5.74, 6) is 1.16. The van der Waals surface area contributed by atoms with Crippen LogP contribution in [-0.4, -0.2) is 62.0 Å². The second kappa shape index (κ2) is 7.31. The number of nitrogens with one attached hydrogen (secondary N) is 1. The van der Waals surface area contributed by atoms with E-state index < -0.39 is 0 Å². The van der Waals surface area contributed by atoms with Crippen molar-refractivity contribution >= 4 is 34.7 Å². The molecule has 2 saturated heterocycles. The summed E-state index contributed by atoms with van der Waals surface area (Å²) < 4.78 is 0. The van der Waals surface area contributed by atoms with Gasteiger partial charge in [-0.05, 0) is 83.5 Å². The third kappa shape index (κ3) is 3.49. The number of likely N-dealkylation sites (N-methyl/N-ethyl adjacent to an activating group) is 1. The van der Waals surface area contributed by atoms with Crippen LogP contribution in [0.2, 0.25) is 10.0 Å². The van der Waals surface area contributed by atoms with Gasteiger partial charge in [-0.15, -0.1) is 0 Å². The number of anilines is 1. The standard InChI is InChI=1S/C20H28Cl2N4/c1-25-8-5-20(6-9-25)12-14-10-16(21)17(22)11-18(14)24-19(20)23-13-15-4-3-7-26(15)2/h10-11,15H,3-9,12-13H2,1-2H3,(H,23,24). The molecule has 0 bridgehead atoms. The van der Waals surface area contributed by atoms with E-state index in [4.69, 9.17) is 28.2 Å². The third-order valence-electron chi connectivity index (χ3n) is 6.51. The zero-order chi connectivity index (χ0) is 18.3. The first kappa shape index (κ1) is 18.5. The number of rotatable bonds is 2. The molecule has 0 aromatic heterocycles. The van der Waals surface area contributed by atoms with Gasteiger partial charge in [0.25, 0.3) is 0 Å². The Kier molecular flexibility index (Phi) is 5.21. The summed E-state index contributed by atoms with van der Waals surface area (Å²) in [5, 5.41) is 4.89. The predicted octanol–water partition coefficient (Wildman–Crippen LogP) is 4.17. The van der Waals surface area contributed by atoms with E-state index in [0.29, 0.717) is 16.1 Å². The van der Waals surface area contributed by atoms with Gasteiger partial charge in [-0.25, -0.2) is 0 Å². The van der Waals surface area contributed by atoms with Crippen molar-refractivity contribution in [3.63, 3.8) is 0 Å². The van der Waals surface area contributed by atoms with Crippen LogP contribution in [0.5, 0.6) is 0 Å². The van der Waals surface area contributed by atoms with Crippen LogP contribution >= 0.6 is 23.2 Å². The molecule has 0 saturated carbocycles. The fourth-order valence-corrected chi connectivity index (χ4v) is 4.98. The smallest absolute Gasteiger partial charge is 0.107 e. The Morgan fingerprint density at radius 2 is 1.88 bits per heavy atom. The summed E-state index contributed by atoms with van der Waals surface area (Å²) in [6.45, 7) is 4.30. The van der Waals surface area contributed by atoms with Gasteiger partial charge in [0.05, 0.1) is 16.6 Å². The Bertz CT molecular complexity index is 710. The van der Waals surface area contributed by atoms with E-state index in [0.717, 1.165) is 50.4 Å². The Morgan fingerprint density at radius 3 is 2.58 bits per heavy atom. The maximum atomic E-state index is 6.29.